The standard InChI is InChI=1S/C59H104N7O8P/c1-46(40-64-41-49(60-62-64)23-19-16-12-10-14-18-22-37-74-75(69,70)38-35-66(5,6)7)44-73-52(45-71-8)43-65-42-50(61-63-65)24-20-15-11-9-13-17-21-36-72-57(68)30-25-47(2)54-28-29-55-53-27-26-48-39-51(67)31-33-58(48,3)56(53)32-34-59(54,55)4/h26,41-42,46-47,51-56,67H,9-25,27-40,43-45H2,1-8H3. The zero-order chi connectivity index (χ0) is 53.9. The van der Waals surface area contributed by atoms with Crippen LogP contribution in [0.2, 0.25) is 0 Å². The molecule has 2 aromatic rings. The second-order valence-electron chi connectivity index (χ2n) is 25.6. The van der Waals surface area contributed by atoms with E-state index in [9.17, 15) is 19.4 Å². The second-order valence-corrected chi connectivity index (χ2v) is 27.6. The van der Waals surface area contributed by atoms with Crippen LogP contribution in [0.5, 0.6) is 0 Å². The molecule has 75 heavy (non-hydrogen) atoms. The van der Waals surface area contributed by atoms with Gasteiger partial charge in [-0.1, -0.05) is 114 Å². The number of ether oxygens (including phenoxy) is 3. The van der Waals surface area contributed by atoms with Crippen LogP contribution in [0.4, 0.5) is 0 Å². The second kappa shape index (κ2) is 30.2. The number of rotatable bonds is 37. The Hall–Kier alpha value is -2.52. The monoisotopic (exact) mass is 1070 g/mol. The van der Waals surface area contributed by atoms with Gasteiger partial charge >= 0.3 is 5.97 Å². The maximum absolute atomic E-state index is 12.8. The van der Waals surface area contributed by atoms with E-state index in [-0.39, 0.29) is 30.3 Å². The maximum Gasteiger partial charge on any atom is 0.305 e. The fourth-order valence-corrected chi connectivity index (χ4v) is 15.4. The number of aliphatic hydroxyl groups is 1. The zero-order valence-corrected chi connectivity index (χ0v) is 49.2. The summed E-state index contributed by atoms with van der Waals surface area (Å²) in [7, 11) is 3.91. The number of carbonyl (C=O) groups excluding carboxylic acids is 1. The van der Waals surface area contributed by atoms with Gasteiger partial charge in [0.05, 0.1) is 84.3 Å². The van der Waals surface area contributed by atoms with Gasteiger partial charge in [-0.2, -0.15) is 0 Å². The summed E-state index contributed by atoms with van der Waals surface area (Å²) in [5.41, 5.74) is 4.26. The van der Waals surface area contributed by atoms with E-state index >= 15 is 0 Å². The highest BCUT2D eigenvalue weighted by molar-refractivity contribution is 7.51. The first kappa shape index (κ1) is 61.7. The Balaban J connectivity index is 0.738. The largest absolute Gasteiger partial charge is 0.778 e. The number of aliphatic hydroxyl groups excluding tert-OH is 1. The molecule has 0 bridgehead atoms. The van der Waals surface area contributed by atoms with E-state index < -0.39 is 7.60 Å². The number of allylic oxidation sites excluding steroid dienone is 1. The number of hydrogen-bond donors (Lipinski definition) is 1. The first-order valence-electron chi connectivity index (χ1n) is 30.0. The smallest absolute Gasteiger partial charge is 0.305 e. The van der Waals surface area contributed by atoms with Crippen molar-refractivity contribution in [1.82, 2.24) is 30.0 Å². The summed E-state index contributed by atoms with van der Waals surface area (Å²) in [5.74, 6) is 3.80. The van der Waals surface area contributed by atoms with Gasteiger partial charge in [0.2, 0.25) is 0 Å². The van der Waals surface area contributed by atoms with E-state index in [1.165, 1.54) is 57.8 Å². The number of fused-ring (bicyclic) bond motifs is 5. The van der Waals surface area contributed by atoms with E-state index in [4.69, 9.17) is 18.7 Å². The van der Waals surface area contributed by atoms with Gasteiger partial charge in [-0.3, -0.25) is 9.48 Å². The summed E-state index contributed by atoms with van der Waals surface area (Å²) < 4.78 is 39.3. The van der Waals surface area contributed by atoms with E-state index in [2.05, 4.69) is 60.6 Å². The summed E-state index contributed by atoms with van der Waals surface area (Å²) in [6.07, 6.45) is 34.5. The van der Waals surface area contributed by atoms with Crippen molar-refractivity contribution in [2.24, 2.45) is 46.3 Å². The number of unbranched alkanes of at least 4 members (excludes halogenated alkanes) is 12. The van der Waals surface area contributed by atoms with Gasteiger partial charge in [-0.05, 0) is 143 Å². The van der Waals surface area contributed by atoms with Gasteiger partial charge in [0.15, 0.2) is 0 Å². The molecule has 16 heteroatoms. The van der Waals surface area contributed by atoms with Crippen LogP contribution in [0.25, 0.3) is 0 Å². The van der Waals surface area contributed by atoms with Crippen LogP contribution in [0, 0.1) is 46.3 Å². The van der Waals surface area contributed by atoms with Gasteiger partial charge in [-0.15, -0.1) is 10.2 Å². The van der Waals surface area contributed by atoms with Crippen LogP contribution in [-0.4, -0.2) is 125 Å². The van der Waals surface area contributed by atoms with Crippen molar-refractivity contribution in [3.63, 3.8) is 0 Å². The molecule has 0 spiro atoms. The molecule has 0 aliphatic heterocycles. The van der Waals surface area contributed by atoms with Crippen molar-refractivity contribution >= 4 is 13.6 Å². The Morgan fingerprint density at radius 1 is 0.813 bits per heavy atom. The summed E-state index contributed by atoms with van der Waals surface area (Å²) >= 11 is 0. The molecular weight excluding hydrogens is 966 g/mol. The maximum atomic E-state index is 12.8. The van der Waals surface area contributed by atoms with Crippen molar-refractivity contribution in [2.45, 2.75) is 220 Å². The number of aromatic nitrogens is 6. The minimum absolute atomic E-state index is 0.0164. The molecule has 6 rings (SSSR count). The Kier molecular flexibility index (Phi) is 24.8. The lowest BCUT2D eigenvalue weighted by molar-refractivity contribution is -0.868. The molecule has 2 aromatic heterocycles. The molecule has 3 fully saturated rings. The molecule has 11 unspecified atom stereocenters. The zero-order valence-electron chi connectivity index (χ0n) is 48.3. The number of hydrogen-bond acceptors (Lipinski definition) is 12. The molecule has 428 valence electrons. The lowest BCUT2D eigenvalue weighted by atomic mass is 9.47. The fourth-order valence-electron chi connectivity index (χ4n) is 14.0. The fraction of sp³-hybridized carbons (Fsp3) is 0.881. The van der Waals surface area contributed by atoms with Crippen LogP contribution in [0.3, 0.4) is 0 Å². The van der Waals surface area contributed by atoms with E-state index in [1.54, 1.807) is 12.7 Å². The molecule has 4 aliphatic carbocycles. The Morgan fingerprint density at radius 3 is 2.07 bits per heavy atom. The molecule has 0 amide bonds. The van der Waals surface area contributed by atoms with Crippen LogP contribution < -0.4 is 4.89 Å². The molecule has 2 heterocycles. The summed E-state index contributed by atoms with van der Waals surface area (Å²) in [6.45, 7) is 13.4. The van der Waals surface area contributed by atoms with E-state index in [0.717, 1.165) is 138 Å². The number of aryl methyl sites for hydroxylation is 2. The predicted octanol–water partition coefficient (Wildman–Crippen LogP) is 11.0. The SMILES string of the molecule is COCC(Cn1cc(CCCCCCCCCOC(=O)CCC(C)C2CCC3C4CC=C5CC(O)CCC5(C)C4CCC23C)nn1)OCC(C)Cn1cc(CCCCCCCCCOP(=O)([O-])CC[N+](C)(C)C)nn1. The van der Waals surface area contributed by atoms with Crippen LogP contribution in [0.15, 0.2) is 24.0 Å². The van der Waals surface area contributed by atoms with Crippen LogP contribution in [-0.2, 0) is 54.0 Å². The Labute approximate surface area is 453 Å². The van der Waals surface area contributed by atoms with Gasteiger partial charge in [0, 0.05) is 32.5 Å². The topological polar surface area (TPSA) is 176 Å². The number of nitrogens with zero attached hydrogens (tertiary/aromatic N) is 7. The lowest BCUT2D eigenvalue weighted by Gasteiger charge is -2.58. The number of carbonyl (C=O) groups is 1. The quantitative estimate of drug-likeness (QED) is 0.0223. The van der Waals surface area contributed by atoms with Crippen molar-refractivity contribution in [1.29, 1.82) is 0 Å². The highest BCUT2D eigenvalue weighted by atomic mass is 31.2. The third-order valence-electron chi connectivity index (χ3n) is 18.4. The molecule has 1 N–H and O–H groups in total. The number of esters is 1. The molecule has 4 aliphatic rings. The molecule has 3 saturated carbocycles. The molecule has 15 nitrogen and oxygen atoms in total. The van der Waals surface area contributed by atoms with E-state index in [0.29, 0.717) is 73.1 Å². The van der Waals surface area contributed by atoms with Gasteiger partial charge in [0.1, 0.15) is 13.7 Å². The van der Waals surface area contributed by atoms with Gasteiger partial charge in [-0.25, -0.2) is 4.68 Å². The summed E-state index contributed by atoms with van der Waals surface area (Å²) in [6, 6.07) is 0. The average molecular weight is 1070 g/mol. The van der Waals surface area contributed by atoms with Crippen LogP contribution in [0.1, 0.15) is 193 Å². The third-order valence-corrected chi connectivity index (χ3v) is 19.7. The molecule has 0 aromatic carbocycles. The van der Waals surface area contributed by atoms with Crippen molar-refractivity contribution in [2.75, 3.05) is 67.4 Å². The predicted molar refractivity (Wildman–Crippen MR) is 295 cm³/mol. The minimum atomic E-state index is -3.74. The molecule has 0 saturated heterocycles. The minimum Gasteiger partial charge on any atom is -0.778 e. The van der Waals surface area contributed by atoms with Crippen molar-refractivity contribution < 1.29 is 42.6 Å². The Morgan fingerprint density at radius 2 is 1.43 bits per heavy atom. The Bertz CT molecular complexity index is 2060. The number of methoxy groups -OCH3 is 1. The average Bonchev–Trinajstić information content (AvgIpc) is 4.11. The van der Waals surface area contributed by atoms with Crippen LogP contribution >= 0.6 is 7.60 Å². The molecular formula is C59H104N7O8P. The summed E-state index contributed by atoms with van der Waals surface area (Å²) in [4.78, 5) is 24.9. The van der Waals surface area contributed by atoms with Gasteiger partial charge in [0.25, 0.3) is 0 Å². The number of quaternary nitrogens is 1. The van der Waals surface area contributed by atoms with Crippen molar-refractivity contribution in [3.05, 3.63) is 35.4 Å². The summed E-state index contributed by atoms with van der Waals surface area (Å²) in [5, 5.41) is 28.0. The van der Waals surface area contributed by atoms with Crippen molar-refractivity contribution in [3.8, 4) is 0 Å². The first-order chi connectivity index (χ1) is 35.9. The molecule has 0 radical (unpaired) electrons. The normalized spacial score (nSPS) is 26.7. The van der Waals surface area contributed by atoms with Gasteiger partial charge < -0.3 is 37.8 Å². The molecule has 11 atom stereocenters. The van der Waals surface area contributed by atoms with E-state index in [1.807, 2.05) is 36.7 Å². The first-order valence-corrected chi connectivity index (χ1v) is 31.8. The third kappa shape index (κ3) is 19.7. The highest BCUT2D eigenvalue weighted by Gasteiger charge is 2.59. The lowest BCUT2D eigenvalue weighted by Crippen LogP contribution is -2.50. The highest BCUT2D eigenvalue weighted by Crippen LogP contribution is 2.67.